The molecule has 11 heteroatoms. The molecule has 2 fully saturated rings. The van der Waals surface area contributed by atoms with E-state index in [9.17, 15) is 19.6 Å². The third-order valence-electron chi connectivity index (χ3n) is 8.18. The minimum atomic E-state index is -1.11. The highest BCUT2D eigenvalue weighted by atomic mass is 79.9. The van der Waals surface area contributed by atoms with Gasteiger partial charge in [0, 0.05) is 29.3 Å². The number of hydrogen-bond donors (Lipinski definition) is 2. The van der Waals surface area contributed by atoms with Gasteiger partial charge in [-0.2, -0.15) is 5.26 Å². The third kappa shape index (κ3) is 4.97. The normalized spacial score (nSPS) is 20.2. The van der Waals surface area contributed by atoms with Crippen molar-refractivity contribution in [2.45, 2.75) is 69.8 Å². The van der Waals surface area contributed by atoms with Gasteiger partial charge in [-0.3, -0.25) is 4.79 Å². The van der Waals surface area contributed by atoms with Gasteiger partial charge < -0.3 is 15.7 Å². The molecule has 8 nitrogen and oxygen atoms in total. The number of nitriles is 1. The van der Waals surface area contributed by atoms with Crippen molar-refractivity contribution in [3.8, 4) is 28.3 Å². The van der Waals surface area contributed by atoms with Crippen LogP contribution in [0.2, 0.25) is 0 Å². The molecule has 1 amide bonds. The predicted molar refractivity (Wildman–Crippen MR) is 157 cm³/mol. The van der Waals surface area contributed by atoms with Crippen LogP contribution in [-0.2, 0) is 6.54 Å². The summed E-state index contributed by atoms with van der Waals surface area (Å²) in [6, 6.07) is 12.8. The molecular formula is C31H29BrF2N6O2. The van der Waals surface area contributed by atoms with Gasteiger partial charge in [0.05, 0.1) is 22.2 Å². The quantitative estimate of drug-likeness (QED) is 0.297. The number of carbonyl (C=O) groups is 1. The van der Waals surface area contributed by atoms with Crippen molar-refractivity contribution in [1.82, 2.24) is 19.9 Å². The van der Waals surface area contributed by atoms with Crippen molar-refractivity contribution in [2.75, 3.05) is 0 Å². The molecule has 0 saturated carbocycles. The van der Waals surface area contributed by atoms with E-state index in [0.29, 0.717) is 33.3 Å². The number of carbonyl (C=O) groups excluding carboxylic acids is 1. The van der Waals surface area contributed by atoms with Gasteiger partial charge in [-0.25, -0.2) is 13.5 Å². The van der Waals surface area contributed by atoms with Crippen molar-refractivity contribution in [2.24, 2.45) is 5.73 Å². The van der Waals surface area contributed by atoms with Crippen molar-refractivity contribution < 1.29 is 18.7 Å². The summed E-state index contributed by atoms with van der Waals surface area (Å²) in [4.78, 5) is 15.7. The fourth-order valence-corrected chi connectivity index (χ4v) is 6.99. The molecular weight excluding hydrogens is 606 g/mol. The van der Waals surface area contributed by atoms with Crippen LogP contribution >= 0.6 is 15.9 Å². The molecule has 0 aliphatic carbocycles. The second-order valence-corrected chi connectivity index (χ2v) is 12.7. The molecule has 3 N–H and O–H groups in total. The van der Waals surface area contributed by atoms with E-state index in [1.165, 1.54) is 16.8 Å². The summed E-state index contributed by atoms with van der Waals surface area (Å²) < 4.78 is 32.5. The Balaban J connectivity index is 1.50. The van der Waals surface area contributed by atoms with E-state index in [-0.39, 0.29) is 46.2 Å². The molecule has 3 atom stereocenters. The van der Waals surface area contributed by atoms with Gasteiger partial charge >= 0.3 is 0 Å². The minimum Gasteiger partial charge on any atom is -0.389 e. The first-order chi connectivity index (χ1) is 19.9. The highest BCUT2D eigenvalue weighted by molar-refractivity contribution is 9.10. The molecule has 3 heterocycles. The average molecular weight is 636 g/mol. The lowest BCUT2D eigenvalue weighted by Gasteiger charge is -2.38. The van der Waals surface area contributed by atoms with Crippen LogP contribution in [0.25, 0.3) is 33.3 Å². The highest BCUT2D eigenvalue weighted by Gasteiger charge is 2.42. The number of fused-ring (bicyclic) bond motifs is 3. The molecule has 4 aromatic rings. The SMILES string of the molecule is CC(C)(O)Cn1nnc2cc(-c3ccc(C(=O)N4[C@@H]5CC[C@H]4C[C@@H](N)C5)cc3-c3ccc(C#N)c(F)c3)c(F)c(Br)c21. The van der Waals surface area contributed by atoms with Gasteiger partial charge in [-0.15, -0.1) is 5.10 Å². The molecule has 0 spiro atoms. The first-order valence-corrected chi connectivity index (χ1v) is 14.6. The van der Waals surface area contributed by atoms with Crippen LogP contribution in [0.5, 0.6) is 0 Å². The number of halogens is 3. The summed E-state index contributed by atoms with van der Waals surface area (Å²) in [5, 5.41) is 27.9. The molecule has 2 bridgehead atoms. The monoisotopic (exact) mass is 634 g/mol. The van der Waals surface area contributed by atoms with Crippen LogP contribution < -0.4 is 5.73 Å². The fourth-order valence-electron chi connectivity index (χ4n) is 6.37. The number of hydrogen-bond acceptors (Lipinski definition) is 6. The van der Waals surface area contributed by atoms with Crippen LogP contribution in [0.4, 0.5) is 8.78 Å². The lowest BCUT2D eigenvalue weighted by molar-refractivity contribution is 0.0571. The second kappa shape index (κ2) is 10.5. The molecule has 2 saturated heterocycles. The summed E-state index contributed by atoms with van der Waals surface area (Å²) in [6.45, 7) is 3.33. The van der Waals surface area contributed by atoms with Crippen molar-refractivity contribution in [3.05, 3.63) is 69.7 Å². The molecule has 3 aromatic carbocycles. The Labute approximate surface area is 249 Å². The van der Waals surface area contributed by atoms with Gasteiger partial charge in [-0.1, -0.05) is 17.3 Å². The highest BCUT2D eigenvalue weighted by Crippen LogP contribution is 2.41. The predicted octanol–water partition coefficient (Wildman–Crippen LogP) is 5.54. The largest absolute Gasteiger partial charge is 0.389 e. The number of amides is 1. The lowest BCUT2D eigenvalue weighted by atomic mass is 9.90. The zero-order chi connectivity index (χ0) is 29.9. The van der Waals surface area contributed by atoms with Crippen molar-refractivity contribution >= 4 is 32.9 Å². The Hall–Kier alpha value is -3.72. The summed E-state index contributed by atoms with van der Waals surface area (Å²) in [5.74, 6) is -1.45. The molecule has 6 rings (SSSR count). The molecule has 216 valence electrons. The Morgan fingerprint density at radius 1 is 1.12 bits per heavy atom. The van der Waals surface area contributed by atoms with Crippen molar-refractivity contribution in [1.29, 1.82) is 5.26 Å². The van der Waals surface area contributed by atoms with E-state index in [0.717, 1.165) is 25.7 Å². The Kier molecular flexibility index (Phi) is 7.12. The molecule has 1 aromatic heterocycles. The van der Waals surface area contributed by atoms with Crippen LogP contribution in [-0.4, -0.2) is 54.6 Å². The Bertz CT molecular complexity index is 1760. The van der Waals surface area contributed by atoms with Crippen LogP contribution in [0.3, 0.4) is 0 Å². The number of nitrogens with two attached hydrogens (primary N) is 1. The first-order valence-electron chi connectivity index (χ1n) is 13.8. The van der Waals surface area contributed by atoms with Crippen LogP contribution in [0, 0.1) is 23.0 Å². The fraction of sp³-hybridized carbons (Fsp3) is 0.355. The van der Waals surface area contributed by atoms with Crippen molar-refractivity contribution in [3.63, 3.8) is 0 Å². The zero-order valence-corrected chi connectivity index (χ0v) is 24.7. The van der Waals surface area contributed by atoms with Gasteiger partial charge in [0.25, 0.3) is 5.91 Å². The number of aliphatic hydroxyl groups is 1. The van der Waals surface area contributed by atoms with Gasteiger partial charge in [-0.05, 0) is 102 Å². The topological polar surface area (TPSA) is 121 Å². The first kappa shape index (κ1) is 28.4. The van der Waals surface area contributed by atoms with Gasteiger partial charge in [0.15, 0.2) is 0 Å². The van der Waals surface area contributed by atoms with Gasteiger partial charge in [0.2, 0.25) is 0 Å². The third-order valence-corrected chi connectivity index (χ3v) is 8.90. The lowest BCUT2D eigenvalue weighted by Crippen LogP contribution is -2.50. The summed E-state index contributed by atoms with van der Waals surface area (Å²) in [7, 11) is 0. The van der Waals surface area contributed by atoms with E-state index in [1.807, 2.05) is 11.0 Å². The second-order valence-electron chi connectivity index (χ2n) is 11.9. The smallest absolute Gasteiger partial charge is 0.254 e. The zero-order valence-electron chi connectivity index (χ0n) is 23.1. The molecule has 2 aliphatic heterocycles. The Morgan fingerprint density at radius 3 is 2.48 bits per heavy atom. The number of piperidine rings is 1. The summed E-state index contributed by atoms with van der Waals surface area (Å²) in [5.41, 5.74) is 7.58. The van der Waals surface area contributed by atoms with E-state index in [2.05, 4.69) is 26.2 Å². The standard InChI is InChI=1S/C31H29BrF2N6O2/c1-31(2,42)15-39-29-26(37-38-39)13-24(28(34)27(29)32)22-8-5-17(9-23(22)16-3-4-18(14-35)25(33)10-16)30(41)40-20-6-7-21(40)12-19(36)11-20/h3-5,8-10,13,19-21,42H,6-7,11-12,15,36H2,1-2H3/t19-,20+,21-. The number of rotatable bonds is 5. The summed E-state index contributed by atoms with van der Waals surface area (Å²) in [6.07, 6.45) is 3.31. The maximum absolute atomic E-state index is 16.1. The Morgan fingerprint density at radius 2 is 1.83 bits per heavy atom. The van der Waals surface area contributed by atoms with E-state index in [1.54, 1.807) is 44.2 Å². The van der Waals surface area contributed by atoms with Crippen LogP contribution in [0.15, 0.2) is 46.9 Å². The van der Waals surface area contributed by atoms with E-state index >= 15 is 4.39 Å². The molecule has 2 aliphatic rings. The van der Waals surface area contributed by atoms with Gasteiger partial charge in [0.1, 0.15) is 28.7 Å². The maximum Gasteiger partial charge on any atom is 0.254 e. The van der Waals surface area contributed by atoms with E-state index in [4.69, 9.17) is 5.73 Å². The number of benzene rings is 3. The van der Waals surface area contributed by atoms with Crippen LogP contribution in [0.1, 0.15) is 55.5 Å². The maximum atomic E-state index is 16.1. The minimum absolute atomic E-state index is 0.0730. The summed E-state index contributed by atoms with van der Waals surface area (Å²) >= 11 is 3.37. The average Bonchev–Trinajstić information content (AvgIpc) is 3.46. The number of aromatic nitrogens is 3. The molecule has 42 heavy (non-hydrogen) atoms. The molecule has 0 radical (unpaired) electrons. The van der Waals surface area contributed by atoms with E-state index < -0.39 is 17.2 Å². The molecule has 0 unspecified atom stereocenters. The number of nitrogens with zero attached hydrogens (tertiary/aromatic N) is 5.